The minimum absolute atomic E-state index is 0.0574. The first kappa shape index (κ1) is 12.4. The first-order chi connectivity index (χ1) is 7.67. The number of nitrogens with zero attached hydrogens (tertiary/aromatic N) is 1. The van der Waals surface area contributed by atoms with Crippen LogP contribution in [0.4, 0.5) is 0 Å². The zero-order valence-electron chi connectivity index (χ0n) is 10.1. The van der Waals surface area contributed by atoms with Crippen molar-refractivity contribution in [2.45, 2.75) is 33.6 Å². The van der Waals surface area contributed by atoms with E-state index in [1.54, 1.807) is 0 Å². The van der Waals surface area contributed by atoms with Gasteiger partial charge < -0.3 is 0 Å². The van der Waals surface area contributed by atoms with Crippen LogP contribution in [0.1, 0.15) is 37.8 Å². The van der Waals surface area contributed by atoms with E-state index in [1.807, 2.05) is 45.0 Å². The Hall–Kier alpha value is -1.64. The molecular formula is C13H18N2O. The Kier molecular flexibility index (Phi) is 4.70. The second-order valence-electron chi connectivity index (χ2n) is 3.67. The normalized spacial score (nSPS) is 11.3. The molecule has 0 heterocycles. The molecule has 1 N–H and O–H groups in total. The van der Waals surface area contributed by atoms with Gasteiger partial charge in [-0.15, -0.1) is 0 Å². The molecule has 1 aromatic rings. The van der Waals surface area contributed by atoms with Crippen molar-refractivity contribution in [2.75, 3.05) is 0 Å². The number of rotatable bonds is 4. The Bertz CT molecular complexity index is 379. The minimum Gasteiger partial charge on any atom is -0.273 e. The van der Waals surface area contributed by atoms with E-state index in [2.05, 4.69) is 10.5 Å². The third kappa shape index (κ3) is 3.50. The van der Waals surface area contributed by atoms with E-state index in [-0.39, 0.29) is 5.91 Å². The van der Waals surface area contributed by atoms with Gasteiger partial charge in [-0.05, 0) is 18.9 Å². The molecular weight excluding hydrogens is 200 g/mol. The molecule has 0 aliphatic carbocycles. The number of hydrazone groups is 1. The van der Waals surface area contributed by atoms with Crippen molar-refractivity contribution in [1.29, 1.82) is 0 Å². The van der Waals surface area contributed by atoms with Crippen LogP contribution in [0.3, 0.4) is 0 Å². The summed E-state index contributed by atoms with van der Waals surface area (Å²) in [4.78, 5) is 11.1. The summed E-state index contributed by atoms with van der Waals surface area (Å²) < 4.78 is 0. The van der Waals surface area contributed by atoms with Crippen molar-refractivity contribution < 1.29 is 4.79 Å². The number of benzene rings is 1. The summed E-state index contributed by atoms with van der Waals surface area (Å²) in [5.74, 6) is -0.0574. The van der Waals surface area contributed by atoms with Crippen LogP contribution in [-0.4, -0.2) is 11.6 Å². The highest BCUT2D eigenvalue weighted by molar-refractivity contribution is 6.00. The lowest BCUT2D eigenvalue weighted by Crippen LogP contribution is -2.18. The SMILES string of the molecule is CCC(=O)N/N=C(\CC)c1ccc(C)cc1. The molecule has 0 radical (unpaired) electrons. The standard InChI is InChI=1S/C13H18N2O/c1-4-12(14-15-13(16)5-2)11-8-6-10(3)7-9-11/h6-9H,4-5H2,1-3H3,(H,15,16)/b14-12+. The predicted molar refractivity (Wildman–Crippen MR) is 66.4 cm³/mol. The van der Waals surface area contributed by atoms with E-state index in [0.29, 0.717) is 6.42 Å². The minimum atomic E-state index is -0.0574. The summed E-state index contributed by atoms with van der Waals surface area (Å²) in [6, 6.07) is 8.13. The summed E-state index contributed by atoms with van der Waals surface area (Å²) >= 11 is 0. The van der Waals surface area contributed by atoms with Crippen molar-refractivity contribution in [2.24, 2.45) is 5.10 Å². The maximum Gasteiger partial charge on any atom is 0.239 e. The molecule has 0 saturated carbocycles. The van der Waals surface area contributed by atoms with Gasteiger partial charge in [0.25, 0.3) is 0 Å². The van der Waals surface area contributed by atoms with Crippen LogP contribution in [0, 0.1) is 6.92 Å². The van der Waals surface area contributed by atoms with Gasteiger partial charge in [0.15, 0.2) is 0 Å². The second kappa shape index (κ2) is 6.05. The van der Waals surface area contributed by atoms with Gasteiger partial charge in [-0.3, -0.25) is 4.79 Å². The molecule has 1 aromatic carbocycles. The Balaban J connectivity index is 2.81. The highest BCUT2D eigenvalue weighted by Gasteiger charge is 2.01. The molecule has 0 atom stereocenters. The van der Waals surface area contributed by atoms with E-state index < -0.39 is 0 Å². The number of hydrogen-bond donors (Lipinski definition) is 1. The summed E-state index contributed by atoms with van der Waals surface area (Å²) in [5, 5.41) is 4.13. The van der Waals surface area contributed by atoms with Crippen molar-refractivity contribution in [1.82, 2.24) is 5.43 Å². The average Bonchev–Trinajstić information content (AvgIpc) is 2.31. The molecule has 86 valence electrons. The van der Waals surface area contributed by atoms with Gasteiger partial charge in [-0.2, -0.15) is 5.10 Å². The average molecular weight is 218 g/mol. The third-order valence-corrected chi connectivity index (χ3v) is 2.36. The first-order valence-electron chi connectivity index (χ1n) is 5.59. The maximum absolute atomic E-state index is 11.1. The molecule has 0 saturated heterocycles. The van der Waals surface area contributed by atoms with Crippen molar-refractivity contribution >= 4 is 11.6 Å². The molecule has 0 aromatic heterocycles. The van der Waals surface area contributed by atoms with E-state index in [0.717, 1.165) is 17.7 Å². The Labute approximate surface area is 96.6 Å². The molecule has 0 aliphatic rings. The van der Waals surface area contributed by atoms with E-state index in [1.165, 1.54) is 5.56 Å². The van der Waals surface area contributed by atoms with Gasteiger partial charge >= 0.3 is 0 Å². The highest BCUT2D eigenvalue weighted by Crippen LogP contribution is 2.06. The number of hydrogen-bond acceptors (Lipinski definition) is 2. The third-order valence-electron chi connectivity index (χ3n) is 2.36. The van der Waals surface area contributed by atoms with Gasteiger partial charge in [0.2, 0.25) is 5.91 Å². The molecule has 0 unspecified atom stereocenters. The van der Waals surface area contributed by atoms with Crippen LogP contribution in [-0.2, 0) is 4.79 Å². The van der Waals surface area contributed by atoms with Gasteiger partial charge in [-0.1, -0.05) is 43.7 Å². The summed E-state index contributed by atoms with van der Waals surface area (Å²) in [6.45, 7) is 5.88. The number of carbonyl (C=O) groups is 1. The fourth-order valence-electron chi connectivity index (χ4n) is 1.30. The van der Waals surface area contributed by atoms with Crippen LogP contribution in [0.5, 0.6) is 0 Å². The van der Waals surface area contributed by atoms with Crippen LogP contribution in [0.15, 0.2) is 29.4 Å². The Morgan fingerprint density at radius 2 is 1.81 bits per heavy atom. The van der Waals surface area contributed by atoms with E-state index >= 15 is 0 Å². The molecule has 0 aliphatic heterocycles. The second-order valence-corrected chi connectivity index (χ2v) is 3.67. The summed E-state index contributed by atoms with van der Waals surface area (Å²) in [5.41, 5.74) is 5.73. The fraction of sp³-hybridized carbons (Fsp3) is 0.385. The molecule has 0 fully saturated rings. The van der Waals surface area contributed by atoms with Gasteiger partial charge in [-0.25, -0.2) is 5.43 Å². The zero-order chi connectivity index (χ0) is 12.0. The molecule has 3 heteroatoms. The topological polar surface area (TPSA) is 41.5 Å². The number of nitrogens with one attached hydrogen (secondary N) is 1. The fourth-order valence-corrected chi connectivity index (χ4v) is 1.30. The lowest BCUT2D eigenvalue weighted by Gasteiger charge is -2.04. The van der Waals surface area contributed by atoms with E-state index in [9.17, 15) is 4.79 Å². The van der Waals surface area contributed by atoms with Crippen molar-refractivity contribution in [3.05, 3.63) is 35.4 Å². The predicted octanol–water partition coefficient (Wildman–Crippen LogP) is 2.64. The lowest BCUT2D eigenvalue weighted by molar-refractivity contribution is -0.120. The zero-order valence-corrected chi connectivity index (χ0v) is 10.1. The molecule has 3 nitrogen and oxygen atoms in total. The smallest absolute Gasteiger partial charge is 0.239 e. The van der Waals surface area contributed by atoms with Crippen LogP contribution in [0.25, 0.3) is 0 Å². The molecule has 16 heavy (non-hydrogen) atoms. The number of amides is 1. The monoisotopic (exact) mass is 218 g/mol. The van der Waals surface area contributed by atoms with Crippen LogP contribution < -0.4 is 5.43 Å². The molecule has 1 rings (SSSR count). The largest absolute Gasteiger partial charge is 0.273 e. The van der Waals surface area contributed by atoms with Crippen molar-refractivity contribution in [3.63, 3.8) is 0 Å². The number of carbonyl (C=O) groups excluding carboxylic acids is 1. The molecule has 0 bridgehead atoms. The van der Waals surface area contributed by atoms with Gasteiger partial charge in [0, 0.05) is 6.42 Å². The molecule has 1 amide bonds. The number of aryl methyl sites for hydroxylation is 1. The Morgan fingerprint density at radius 3 is 2.31 bits per heavy atom. The highest BCUT2D eigenvalue weighted by atomic mass is 16.2. The lowest BCUT2D eigenvalue weighted by atomic mass is 10.1. The maximum atomic E-state index is 11.1. The Morgan fingerprint density at radius 1 is 1.19 bits per heavy atom. The van der Waals surface area contributed by atoms with Crippen LogP contribution >= 0.6 is 0 Å². The van der Waals surface area contributed by atoms with Crippen LogP contribution in [0.2, 0.25) is 0 Å². The van der Waals surface area contributed by atoms with E-state index in [4.69, 9.17) is 0 Å². The quantitative estimate of drug-likeness (QED) is 0.612. The van der Waals surface area contributed by atoms with Crippen molar-refractivity contribution in [3.8, 4) is 0 Å². The first-order valence-corrected chi connectivity index (χ1v) is 5.59. The summed E-state index contributed by atoms with van der Waals surface area (Å²) in [6.07, 6.45) is 1.25. The van der Waals surface area contributed by atoms with Gasteiger partial charge in [0.05, 0.1) is 5.71 Å². The van der Waals surface area contributed by atoms with Gasteiger partial charge in [0.1, 0.15) is 0 Å². The molecule has 0 spiro atoms. The summed E-state index contributed by atoms with van der Waals surface area (Å²) in [7, 11) is 0.